The fraction of sp³-hybridized carbons (Fsp3) is 0.375. The summed E-state index contributed by atoms with van der Waals surface area (Å²) in [5, 5.41) is 2.15. The highest BCUT2D eigenvalue weighted by Crippen LogP contribution is 2.29. The average Bonchev–Trinajstić information content (AvgIpc) is 2.95. The summed E-state index contributed by atoms with van der Waals surface area (Å²) in [6.45, 7) is 6.18. The largest absolute Gasteiger partial charge is 0.494 e. The van der Waals surface area contributed by atoms with Gasteiger partial charge in [-0.15, -0.1) is 11.3 Å². The average molecular weight is 322 g/mol. The van der Waals surface area contributed by atoms with E-state index < -0.39 is 5.82 Å². The van der Waals surface area contributed by atoms with Crippen molar-refractivity contribution < 1.29 is 13.9 Å². The molecule has 1 amide bonds. The van der Waals surface area contributed by atoms with Crippen molar-refractivity contribution in [3.8, 4) is 16.3 Å². The molecule has 1 aromatic heterocycles. The number of hydrogen-bond donors (Lipinski definition) is 0. The van der Waals surface area contributed by atoms with Crippen molar-refractivity contribution in [3.05, 3.63) is 35.1 Å². The van der Waals surface area contributed by atoms with Gasteiger partial charge in [0.05, 0.1) is 6.61 Å². The molecule has 0 N–H and O–H groups in total. The summed E-state index contributed by atoms with van der Waals surface area (Å²) in [6, 6.07) is 4.74. The van der Waals surface area contributed by atoms with Gasteiger partial charge < -0.3 is 9.64 Å². The lowest BCUT2D eigenvalue weighted by Gasteiger charge is -2.19. The zero-order chi connectivity index (χ0) is 16.3. The quantitative estimate of drug-likeness (QED) is 0.840. The van der Waals surface area contributed by atoms with Crippen molar-refractivity contribution >= 4 is 17.2 Å². The van der Waals surface area contributed by atoms with E-state index in [1.54, 1.807) is 29.5 Å². The molecule has 2 aromatic rings. The molecule has 1 aromatic carbocycles. The van der Waals surface area contributed by atoms with Gasteiger partial charge in [0.2, 0.25) is 0 Å². The third kappa shape index (κ3) is 3.44. The number of amides is 1. The van der Waals surface area contributed by atoms with E-state index in [0.29, 0.717) is 28.6 Å². The van der Waals surface area contributed by atoms with Gasteiger partial charge in [-0.1, -0.05) is 0 Å². The first-order valence-corrected chi connectivity index (χ1v) is 7.97. The molecule has 0 aliphatic heterocycles. The maximum atomic E-state index is 14.1. The maximum Gasteiger partial charge on any atom is 0.273 e. The second-order valence-electron chi connectivity index (χ2n) is 5.12. The van der Waals surface area contributed by atoms with E-state index in [-0.39, 0.29) is 11.9 Å². The Hall–Kier alpha value is -1.95. The van der Waals surface area contributed by atoms with Crippen molar-refractivity contribution in [2.45, 2.75) is 26.8 Å². The summed E-state index contributed by atoms with van der Waals surface area (Å²) >= 11 is 1.25. The summed E-state index contributed by atoms with van der Waals surface area (Å²) in [5.74, 6) is -0.0866. The van der Waals surface area contributed by atoms with Gasteiger partial charge in [0.25, 0.3) is 5.91 Å². The Morgan fingerprint density at radius 2 is 2.18 bits per heavy atom. The topological polar surface area (TPSA) is 42.4 Å². The zero-order valence-electron chi connectivity index (χ0n) is 13.1. The number of hydrogen-bond acceptors (Lipinski definition) is 4. The molecular formula is C16H19FN2O2S. The van der Waals surface area contributed by atoms with Crippen LogP contribution in [-0.2, 0) is 0 Å². The second-order valence-corrected chi connectivity index (χ2v) is 5.98. The van der Waals surface area contributed by atoms with Gasteiger partial charge in [-0.3, -0.25) is 4.79 Å². The molecule has 0 radical (unpaired) electrons. The predicted molar refractivity (Wildman–Crippen MR) is 85.9 cm³/mol. The Morgan fingerprint density at radius 1 is 1.45 bits per heavy atom. The molecule has 1 heterocycles. The van der Waals surface area contributed by atoms with Crippen LogP contribution in [0.1, 0.15) is 31.3 Å². The summed E-state index contributed by atoms with van der Waals surface area (Å²) < 4.78 is 19.4. The van der Waals surface area contributed by atoms with E-state index >= 15 is 0 Å². The lowest BCUT2D eigenvalue weighted by molar-refractivity contribution is 0.0750. The molecule has 4 nitrogen and oxygen atoms in total. The molecule has 0 saturated carbocycles. The molecule has 2 rings (SSSR count). The van der Waals surface area contributed by atoms with Crippen LogP contribution >= 0.6 is 11.3 Å². The number of halogens is 1. The first-order valence-electron chi connectivity index (χ1n) is 7.09. The molecule has 0 fully saturated rings. The first kappa shape index (κ1) is 16.4. The molecule has 0 unspecified atom stereocenters. The molecule has 22 heavy (non-hydrogen) atoms. The molecule has 0 bridgehead atoms. The van der Waals surface area contributed by atoms with Crippen LogP contribution in [0.15, 0.2) is 23.6 Å². The molecule has 0 atom stereocenters. The highest BCUT2D eigenvalue weighted by atomic mass is 32.1. The van der Waals surface area contributed by atoms with Crippen LogP contribution in [0.25, 0.3) is 10.6 Å². The number of ether oxygens (including phenoxy) is 1. The van der Waals surface area contributed by atoms with Crippen molar-refractivity contribution in [2.75, 3.05) is 13.7 Å². The third-order valence-corrected chi connectivity index (χ3v) is 4.18. The number of rotatable bonds is 5. The highest BCUT2D eigenvalue weighted by Gasteiger charge is 2.19. The number of nitrogens with zero attached hydrogens (tertiary/aromatic N) is 2. The van der Waals surface area contributed by atoms with Crippen LogP contribution in [0.2, 0.25) is 0 Å². The molecule has 0 aliphatic carbocycles. The van der Waals surface area contributed by atoms with Crippen LogP contribution in [0.3, 0.4) is 0 Å². The van der Waals surface area contributed by atoms with E-state index in [2.05, 4.69) is 4.98 Å². The van der Waals surface area contributed by atoms with E-state index in [4.69, 9.17) is 4.74 Å². The van der Waals surface area contributed by atoms with Crippen LogP contribution in [0.4, 0.5) is 4.39 Å². The van der Waals surface area contributed by atoms with Gasteiger partial charge in [-0.25, -0.2) is 9.37 Å². The molecule has 0 saturated heterocycles. The minimum Gasteiger partial charge on any atom is -0.494 e. The Labute approximate surface area is 133 Å². The number of carbonyl (C=O) groups is 1. The van der Waals surface area contributed by atoms with Gasteiger partial charge in [-0.2, -0.15) is 0 Å². The van der Waals surface area contributed by atoms with E-state index in [0.717, 1.165) is 0 Å². The first-order chi connectivity index (χ1) is 10.4. The van der Waals surface area contributed by atoms with Crippen molar-refractivity contribution in [3.63, 3.8) is 0 Å². The third-order valence-electron chi connectivity index (χ3n) is 3.30. The number of thiazole rings is 1. The maximum absolute atomic E-state index is 14.1. The number of carbonyl (C=O) groups excluding carboxylic acids is 1. The number of aromatic nitrogens is 1. The second kappa shape index (κ2) is 6.87. The highest BCUT2D eigenvalue weighted by molar-refractivity contribution is 7.13. The Kier molecular flexibility index (Phi) is 5.13. The van der Waals surface area contributed by atoms with Gasteiger partial charge >= 0.3 is 0 Å². The lowest BCUT2D eigenvalue weighted by Crippen LogP contribution is -2.33. The van der Waals surface area contributed by atoms with Crippen LogP contribution in [-0.4, -0.2) is 35.5 Å². The van der Waals surface area contributed by atoms with Crippen LogP contribution in [0.5, 0.6) is 5.75 Å². The fourth-order valence-electron chi connectivity index (χ4n) is 1.84. The molecule has 0 aliphatic rings. The molecule has 118 valence electrons. The standard InChI is InChI=1S/C16H19FN2O2S/c1-5-21-11-6-7-12(13(17)8-11)15-18-14(9-22-15)16(20)19(4)10(2)3/h6-10H,5H2,1-4H3. The minimum atomic E-state index is -0.406. The fourth-order valence-corrected chi connectivity index (χ4v) is 2.66. The van der Waals surface area contributed by atoms with Gasteiger partial charge in [0, 0.05) is 30.1 Å². The van der Waals surface area contributed by atoms with E-state index in [9.17, 15) is 9.18 Å². The van der Waals surface area contributed by atoms with Gasteiger partial charge in [0.15, 0.2) is 0 Å². The molecular weight excluding hydrogens is 303 g/mol. The summed E-state index contributed by atoms with van der Waals surface area (Å²) in [6.07, 6.45) is 0. The van der Waals surface area contributed by atoms with Crippen molar-refractivity contribution in [1.29, 1.82) is 0 Å². The van der Waals surface area contributed by atoms with Crippen LogP contribution < -0.4 is 4.74 Å². The monoisotopic (exact) mass is 322 g/mol. The Morgan fingerprint density at radius 3 is 2.77 bits per heavy atom. The molecule has 0 spiro atoms. The van der Waals surface area contributed by atoms with E-state index in [1.807, 2.05) is 20.8 Å². The summed E-state index contributed by atoms with van der Waals surface area (Å²) in [7, 11) is 1.73. The molecule has 6 heteroatoms. The van der Waals surface area contributed by atoms with Gasteiger partial charge in [-0.05, 0) is 32.9 Å². The lowest BCUT2D eigenvalue weighted by atomic mass is 10.2. The normalized spacial score (nSPS) is 10.8. The Bertz CT molecular complexity index is 670. The zero-order valence-corrected chi connectivity index (χ0v) is 13.9. The Balaban J connectivity index is 2.26. The SMILES string of the molecule is CCOc1ccc(-c2nc(C(=O)N(C)C(C)C)cs2)c(F)c1. The summed E-state index contributed by atoms with van der Waals surface area (Å²) in [4.78, 5) is 18.1. The van der Waals surface area contributed by atoms with Crippen molar-refractivity contribution in [2.24, 2.45) is 0 Å². The smallest absolute Gasteiger partial charge is 0.273 e. The predicted octanol–water partition coefficient (Wildman–Crippen LogP) is 3.83. The van der Waals surface area contributed by atoms with Crippen molar-refractivity contribution in [1.82, 2.24) is 9.88 Å². The minimum absolute atomic E-state index is 0.0832. The van der Waals surface area contributed by atoms with Gasteiger partial charge in [0.1, 0.15) is 22.3 Å². The number of benzene rings is 1. The summed E-state index contributed by atoms with van der Waals surface area (Å²) in [5.41, 5.74) is 0.712. The van der Waals surface area contributed by atoms with Crippen LogP contribution in [0, 0.1) is 5.82 Å². The van der Waals surface area contributed by atoms with E-state index in [1.165, 1.54) is 17.4 Å².